The summed E-state index contributed by atoms with van der Waals surface area (Å²) in [5.41, 5.74) is 0. The third-order valence-electron chi connectivity index (χ3n) is 0.471. The molecular formula is C4H10O4S2Zn. The Balaban J connectivity index is -0.000000107. The maximum Gasteiger partial charge on any atom is 2.00 e. The molecule has 0 bridgehead atoms. The molecule has 0 aliphatic heterocycles. The van der Waals surface area contributed by atoms with Crippen molar-refractivity contribution in [2.45, 2.75) is 13.8 Å². The van der Waals surface area contributed by atoms with E-state index in [2.05, 4.69) is 0 Å². The topological polar surface area (TPSA) is 80.3 Å². The van der Waals surface area contributed by atoms with Crippen LogP contribution in [0.4, 0.5) is 0 Å². The van der Waals surface area contributed by atoms with E-state index in [4.69, 9.17) is 0 Å². The molecule has 0 aromatic carbocycles. The maximum absolute atomic E-state index is 9.37. The average molecular weight is 252 g/mol. The van der Waals surface area contributed by atoms with E-state index in [1.807, 2.05) is 0 Å². The van der Waals surface area contributed by atoms with Crippen molar-refractivity contribution < 1.29 is 37.0 Å². The Morgan fingerprint density at radius 2 is 1.09 bits per heavy atom. The molecule has 0 amide bonds. The molecule has 0 saturated heterocycles. The molecule has 0 saturated carbocycles. The second-order valence-corrected chi connectivity index (χ2v) is 3.55. The standard InChI is InChI=1S/2C2H6O2S.Zn/c2*1-2-5(3)4;/h2*2H2,1H3,(H,3,4);/q;;+2/p-2. The van der Waals surface area contributed by atoms with Gasteiger partial charge in [0.05, 0.1) is 0 Å². The number of hydrogen-bond donors (Lipinski definition) is 0. The number of rotatable bonds is 2. The SMILES string of the molecule is CCS(=O)[O-].CCS(=O)[O-].[Zn+2]. The zero-order valence-corrected chi connectivity index (χ0v) is 11.2. The van der Waals surface area contributed by atoms with E-state index in [1.54, 1.807) is 13.8 Å². The second-order valence-electron chi connectivity index (χ2n) is 1.18. The fourth-order valence-electron chi connectivity index (χ4n) is 0. The van der Waals surface area contributed by atoms with Gasteiger partial charge in [-0.2, -0.15) is 0 Å². The first-order valence-corrected chi connectivity index (χ1v) is 5.15. The molecule has 0 aliphatic carbocycles. The minimum atomic E-state index is -1.82. The normalized spacial score (nSPS) is 13.5. The van der Waals surface area contributed by atoms with Crippen molar-refractivity contribution in [2.75, 3.05) is 11.5 Å². The van der Waals surface area contributed by atoms with Gasteiger partial charge in [0, 0.05) is 11.5 Å². The van der Waals surface area contributed by atoms with Crippen LogP contribution in [0.25, 0.3) is 0 Å². The van der Waals surface area contributed by atoms with Crippen molar-refractivity contribution in [1.82, 2.24) is 0 Å². The molecule has 0 rings (SSSR count). The summed E-state index contributed by atoms with van der Waals surface area (Å²) in [6.07, 6.45) is 0. The Labute approximate surface area is 84.5 Å². The van der Waals surface area contributed by atoms with Crippen LogP contribution in [0.2, 0.25) is 0 Å². The molecule has 64 valence electrons. The molecule has 7 heteroatoms. The van der Waals surface area contributed by atoms with Crippen LogP contribution >= 0.6 is 0 Å². The maximum atomic E-state index is 9.37. The predicted molar refractivity (Wildman–Crippen MR) is 38.9 cm³/mol. The van der Waals surface area contributed by atoms with Gasteiger partial charge in [0.1, 0.15) is 0 Å². The van der Waals surface area contributed by atoms with E-state index in [9.17, 15) is 17.5 Å². The molecule has 0 aromatic rings. The molecule has 0 N–H and O–H groups in total. The van der Waals surface area contributed by atoms with Crippen LogP contribution in [0.5, 0.6) is 0 Å². The Morgan fingerprint density at radius 1 is 1.00 bits per heavy atom. The van der Waals surface area contributed by atoms with Gasteiger partial charge in [-0.3, -0.25) is 8.42 Å². The van der Waals surface area contributed by atoms with Crippen molar-refractivity contribution >= 4 is 22.2 Å². The quantitative estimate of drug-likeness (QED) is 0.501. The molecule has 11 heavy (non-hydrogen) atoms. The van der Waals surface area contributed by atoms with Gasteiger partial charge in [-0.15, -0.1) is 0 Å². The summed E-state index contributed by atoms with van der Waals surface area (Å²) in [5.74, 6) is 0.444. The van der Waals surface area contributed by atoms with E-state index >= 15 is 0 Å². The summed E-state index contributed by atoms with van der Waals surface area (Å²) in [7, 11) is 0. The smallest absolute Gasteiger partial charge is 0.772 e. The first-order chi connectivity index (χ1) is 4.54. The monoisotopic (exact) mass is 250 g/mol. The summed E-state index contributed by atoms with van der Waals surface area (Å²) < 4.78 is 37.5. The molecule has 2 unspecified atom stereocenters. The van der Waals surface area contributed by atoms with Crippen molar-refractivity contribution in [3.63, 3.8) is 0 Å². The van der Waals surface area contributed by atoms with Crippen LogP contribution in [-0.2, 0) is 41.6 Å². The van der Waals surface area contributed by atoms with E-state index in [-0.39, 0.29) is 31.0 Å². The van der Waals surface area contributed by atoms with Crippen LogP contribution in [0.3, 0.4) is 0 Å². The van der Waals surface area contributed by atoms with Gasteiger partial charge in [0.15, 0.2) is 0 Å². The second kappa shape index (κ2) is 13.4. The van der Waals surface area contributed by atoms with Crippen LogP contribution in [0.15, 0.2) is 0 Å². The first kappa shape index (κ1) is 17.8. The van der Waals surface area contributed by atoms with Gasteiger partial charge in [-0.1, -0.05) is 36.0 Å². The summed E-state index contributed by atoms with van der Waals surface area (Å²) in [4.78, 5) is 0. The summed E-state index contributed by atoms with van der Waals surface area (Å²) >= 11 is -3.65. The molecule has 4 nitrogen and oxygen atoms in total. The fourth-order valence-corrected chi connectivity index (χ4v) is 0. The van der Waals surface area contributed by atoms with Crippen LogP contribution in [0, 0.1) is 0 Å². The van der Waals surface area contributed by atoms with Gasteiger partial charge in [-0.05, 0) is 0 Å². The van der Waals surface area contributed by atoms with Gasteiger partial charge in [0.2, 0.25) is 0 Å². The Bertz CT molecular complexity index is 105. The van der Waals surface area contributed by atoms with E-state index < -0.39 is 22.2 Å². The Hall–Kier alpha value is 0.843. The van der Waals surface area contributed by atoms with Gasteiger partial charge < -0.3 is 9.11 Å². The Kier molecular flexibility index (Phi) is 21.7. The summed E-state index contributed by atoms with van der Waals surface area (Å²) in [5, 5.41) is 0. The molecule has 0 fully saturated rings. The van der Waals surface area contributed by atoms with Crippen molar-refractivity contribution in [1.29, 1.82) is 0 Å². The van der Waals surface area contributed by atoms with Crippen molar-refractivity contribution in [2.24, 2.45) is 0 Å². The minimum Gasteiger partial charge on any atom is -0.772 e. The van der Waals surface area contributed by atoms with Gasteiger partial charge in [-0.25, -0.2) is 0 Å². The van der Waals surface area contributed by atoms with Crippen molar-refractivity contribution in [3.8, 4) is 0 Å². The molecule has 0 radical (unpaired) electrons. The van der Waals surface area contributed by atoms with Crippen molar-refractivity contribution in [3.05, 3.63) is 0 Å². The first-order valence-electron chi connectivity index (χ1n) is 2.66. The molecule has 0 heterocycles. The molecule has 0 spiro atoms. The van der Waals surface area contributed by atoms with Gasteiger partial charge >= 0.3 is 19.5 Å². The summed E-state index contributed by atoms with van der Waals surface area (Å²) in [6.45, 7) is 3.17. The zero-order valence-electron chi connectivity index (χ0n) is 6.57. The molecule has 0 aromatic heterocycles. The molecule has 2 atom stereocenters. The molecule has 0 aliphatic rings. The van der Waals surface area contributed by atoms with Crippen LogP contribution in [0.1, 0.15) is 13.8 Å². The van der Waals surface area contributed by atoms with Gasteiger partial charge in [0.25, 0.3) is 0 Å². The minimum absolute atomic E-state index is 0. The van der Waals surface area contributed by atoms with Crippen LogP contribution in [-0.4, -0.2) is 29.0 Å². The third kappa shape index (κ3) is 36.1. The summed E-state index contributed by atoms with van der Waals surface area (Å²) in [6, 6.07) is 0. The molecular weight excluding hydrogens is 242 g/mol. The Morgan fingerprint density at radius 3 is 1.09 bits per heavy atom. The van der Waals surface area contributed by atoms with Crippen LogP contribution < -0.4 is 0 Å². The zero-order chi connectivity index (χ0) is 8.57. The fraction of sp³-hybridized carbons (Fsp3) is 1.00. The number of hydrogen-bond acceptors (Lipinski definition) is 4. The predicted octanol–water partition coefficient (Wildman–Crippen LogP) is -0.232. The van der Waals surface area contributed by atoms with E-state index in [0.29, 0.717) is 0 Å². The average Bonchev–Trinajstić information content (AvgIpc) is 1.89. The third-order valence-corrected chi connectivity index (χ3v) is 1.41. The van der Waals surface area contributed by atoms with E-state index in [1.165, 1.54) is 0 Å². The largest absolute Gasteiger partial charge is 2.00 e. The van der Waals surface area contributed by atoms with E-state index in [0.717, 1.165) is 0 Å².